The zero-order valence-corrected chi connectivity index (χ0v) is 14.3. The number of nitrogens with one attached hydrogen (secondary N) is 1. The lowest BCUT2D eigenvalue weighted by Crippen LogP contribution is -2.13. The second-order valence-electron chi connectivity index (χ2n) is 5.39. The van der Waals surface area contributed by atoms with Crippen molar-refractivity contribution in [1.82, 2.24) is 0 Å². The Balaban J connectivity index is 0.00000264. The average molecular weight is 335 g/mol. The molecule has 4 nitrogen and oxygen atoms in total. The van der Waals surface area contributed by atoms with Gasteiger partial charge in [0.1, 0.15) is 5.75 Å². The Bertz CT molecular complexity index is 659. The third-order valence-corrected chi connectivity index (χ3v) is 3.34. The van der Waals surface area contributed by atoms with Crippen LogP contribution >= 0.6 is 12.4 Å². The lowest BCUT2D eigenvalue weighted by Gasteiger charge is -2.10. The highest BCUT2D eigenvalue weighted by atomic mass is 35.5. The summed E-state index contributed by atoms with van der Waals surface area (Å²) in [5.74, 6) is 0.814. The molecule has 0 aliphatic carbocycles. The molecule has 2 aromatic carbocycles. The number of hydrogen-bond donors (Lipinski definition) is 2. The molecule has 0 saturated heterocycles. The van der Waals surface area contributed by atoms with E-state index in [9.17, 15) is 4.79 Å². The molecule has 124 valence electrons. The number of carbonyl (C=O) groups is 1. The molecule has 23 heavy (non-hydrogen) atoms. The van der Waals surface area contributed by atoms with Crippen molar-refractivity contribution < 1.29 is 9.53 Å². The van der Waals surface area contributed by atoms with Crippen LogP contribution in [0.15, 0.2) is 42.5 Å². The number of hydrogen-bond acceptors (Lipinski definition) is 3. The minimum atomic E-state index is -0.0263. The topological polar surface area (TPSA) is 64.3 Å². The Morgan fingerprint density at radius 1 is 1.17 bits per heavy atom. The maximum absolute atomic E-state index is 11.9. The van der Waals surface area contributed by atoms with Gasteiger partial charge in [-0.1, -0.05) is 18.2 Å². The Morgan fingerprint density at radius 2 is 1.96 bits per heavy atom. The van der Waals surface area contributed by atoms with E-state index in [1.54, 1.807) is 6.07 Å². The second kappa shape index (κ2) is 9.06. The Morgan fingerprint density at radius 3 is 2.70 bits per heavy atom. The molecule has 0 unspecified atom stereocenters. The van der Waals surface area contributed by atoms with E-state index in [1.807, 2.05) is 50.2 Å². The van der Waals surface area contributed by atoms with Gasteiger partial charge in [0.2, 0.25) is 5.91 Å². The number of benzene rings is 2. The summed E-state index contributed by atoms with van der Waals surface area (Å²) in [5.41, 5.74) is 9.30. The van der Waals surface area contributed by atoms with Crippen molar-refractivity contribution in [1.29, 1.82) is 0 Å². The van der Waals surface area contributed by atoms with Gasteiger partial charge >= 0.3 is 0 Å². The normalized spacial score (nSPS) is 9.83. The maximum Gasteiger partial charge on any atom is 0.224 e. The summed E-state index contributed by atoms with van der Waals surface area (Å²) < 4.78 is 5.63. The first-order chi connectivity index (χ1) is 10.5. The monoisotopic (exact) mass is 334 g/mol. The van der Waals surface area contributed by atoms with E-state index in [-0.39, 0.29) is 18.3 Å². The van der Waals surface area contributed by atoms with E-state index in [1.165, 1.54) is 0 Å². The van der Waals surface area contributed by atoms with E-state index in [0.29, 0.717) is 25.1 Å². The van der Waals surface area contributed by atoms with Crippen LogP contribution in [-0.2, 0) is 4.79 Å². The molecule has 0 spiro atoms. The van der Waals surface area contributed by atoms with Crippen molar-refractivity contribution in [3.8, 4) is 5.75 Å². The van der Waals surface area contributed by atoms with E-state index in [0.717, 1.165) is 22.6 Å². The fraction of sp³-hybridized carbons (Fsp3) is 0.278. The number of nitrogens with two attached hydrogens (primary N) is 1. The zero-order valence-electron chi connectivity index (χ0n) is 13.5. The summed E-state index contributed by atoms with van der Waals surface area (Å²) in [6, 6.07) is 13.4. The number of anilines is 2. The van der Waals surface area contributed by atoms with Crippen LogP contribution in [-0.4, -0.2) is 12.5 Å². The van der Waals surface area contributed by atoms with Crippen LogP contribution in [0.25, 0.3) is 0 Å². The summed E-state index contributed by atoms with van der Waals surface area (Å²) in [7, 11) is 0. The highest BCUT2D eigenvalue weighted by Crippen LogP contribution is 2.18. The van der Waals surface area contributed by atoms with Crippen LogP contribution in [0.3, 0.4) is 0 Å². The Labute approximate surface area is 143 Å². The first kappa shape index (κ1) is 18.8. The minimum absolute atomic E-state index is 0. The standard InChI is InChI=1S/C18H22N2O2.ClH/c1-13-5-3-6-16(11-13)22-10-4-7-18(21)20-17-12-15(19)9-8-14(17)2;/h3,5-6,8-9,11-12H,4,7,10,19H2,1-2H3,(H,20,21);1H. The van der Waals surface area contributed by atoms with Crippen molar-refractivity contribution in [3.05, 3.63) is 53.6 Å². The summed E-state index contributed by atoms with van der Waals surface area (Å²) in [5, 5.41) is 2.88. The molecule has 3 N–H and O–H groups in total. The number of rotatable bonds is 6. The highest BCUT2D eigenvalue weighted by Gasteiger charge is 2.05. The third kappa shape index (κ3) is 6.20. The number of amides is 1. The average Bonchev–Trinajstić information content (AvgIpc) is 2.48. The molecule has 0 fully saturated rings. The number of aryl methyl sites for hydroxylation is 2. The smallest absolute Gasteiger partial charge is 0.224 e. The van der Waals surface area contributed by atoms with E-state index >= 15 is 0 Å². The molecule has 0 heterocycles. The van der Waals surface area contributed by atoms with Crippen LogP contribution < -0.4 is 15.8 Å². The van der Waals surface area contributed by atoms with E-state index in [2.05, 4.69) is 5.32 Å². The minimum Gasteiger partial charge on any atom is -0.494 e. The van der Waals surface area contributed by atoms with Crippen LogP contribution in [0.5, 0.6) is 5.75 Å². The number of halogens is 1. The molecule has 5 heteroatoms. The third-order valence-electron chi connectivity index (χ3n) is 3.34. The number of nitrogen functional groups attached to an aromatic ring is 1. The van der Waals surface area contributed by atoms with Crippen molar-refractivity contribution in [2.75, 3.05) is 17.7 Å². The number of ether oxygens (including phenoxy) is 1. The number of carbonyl (C=O) groups excluding carboxylic acids is 1. The van der Waals surface area contributed by atoms with Gasteiger partial charge in [0, 0.05) is 17.8 Å². The molecule has 0 aromatic heterocycles. The second-order valence-corrected chi connectivity index (χ2v) is 5.39. The Hall–Kier alpha value is -2.20. The first-order valence-electron chi connectivity index (χ1n) is 7.40. The SMILES string of the molecule is Cc1cccc(OCCCC(=O)Nc2cc(N)ccc2C)c1.Cl. The molecule has 0 saturated carbocycles. The van der Waals surface area contributed by atoms with Gasteiger partial charge in [0.25, 0.3) is 0 Å². The molecule has 2 rings (SSSR count). The maximum atomic E-state index is 11.9. The lowest BCUT2D eigenvalue weighted by molar-refractivity contribution is -0.116. The fourth-order valence-electron chi connectivity index (χ4n) is 2.11. The fourth-order valence-corrected chi connectivity index (χ4v) is 2.11. The van der Waals surface area contributed by atoms with Gasteiger partial charge in [-0.25, -0.2) is 0 Å². The highest BCUT2D eigenvalue weighted by molar-refractivity contribution is 5.92. The van der Waals surface area contributed by atoms with Crippen molar-refractivity contribution in [2.24, 2.45) is 0 Å². The van der Waals surface area contributed by atoms with Crippen LogP contribution in [0.1, 0.15) is 24.0 Å². The summed E-state index contributed by atoms with van der Waals surface area (Å²) in [6.45, 7) is 4.48. The van der Waals surface area contributed by atoms with Crippen molar-refractivity contribution >= 4 is 29.7 Å². The largest absolute Gasteiger partial charge is 0.494 e. The molecule has 2 aromatic rings. The van der Waals surface area contributed by atoms with Gasteiger partial charge in [-0.15, -0.1) is 12.4 Å². The predicted molar refractivity (Wildman–Crippen MR) is 97.4 cm³/mol. The van der Waals surface area contributed by atoms with E-state index < -0.39 is 0 Å². The molecular weight excluding hydrogens is 312 g/mol. The van der Waals surface area contributed by atoms with Crippen LogP contribution in [0.2, 0.25) is 0 Å². The van der Waals surface area contributed by atoms with Gasteiger partial charge in [-0.2, -0.15) is 0 Å². The zero-order chi connectivity index (χ0) is 15.9. The van der Waals surface area contributed by atoms with Gasteiger partial charge in [0.15, 0.2) is 0 Å². The first-order valence-corrected chi connectivity index (χ1v) is 7.40. The van der Waals surface area contributed by atoms with Crippen molar-refractivity contribution in [3.63, 3.8) is 0 Å². The quantitative estimate of drug-likeness (QED) is 0.617. The predicted octanol–water partition coefficient (Wildman–Crippen LogP) is 4.11. The molecule has 0 aliphatic heterocycles. The van der Waals surface area contributed by atoms with Gasteiger partial charge in [0.05, 0.1) is 6.61 Å². The molecular formula is C18H23ClN2O2. The summed E-state index contributed by atoms with van der Waals surface area (Å²) in [6.07, 6.45) is 1.08. The van der Waals surface area contributed by atoms with Gasteiger partial charge < -0.3 is 15.8 Å². The van der Waals surface area contributed by atoms with Crippen LogP contribution in [0, 0.1) is 13.8 Å². The van der Waals surface area contributed by atoms with E-state index in [4.69, 9.17) is 10.5 Å². The lowest BCUT2D eigenvalue weighted by atomic mass is 10.1. The molecule has 0 atom stereocenters. The Kier molecular flexibility index (Phi) is 7.42. The molecule has 0 radical (unpaired) electrons. The van der Waals surface area contributed by atoms with Crippen LogP contribution in [0.4, 0.5) is 11.4 Å². The van der Waals surface area contributed by atoms with Gasteiger partial charge in [-0.05, 0) is 55.7 Å². The molecule has 0 aliphatic rings. The molecule has 0 bridgehead atoms. The van der Waals surface area contributed by atoms with Gasteiger partial charge in [-0.3, -0.25) is 4.79 Å². The molecule has 1 amide bonds. The summed E-state index contributed by atoms with van der Waals surface area (Å²) in [4.78, 5) is 11.9. The summed E-state index contributed by atoms with van der Waals surface area (Å²) >= 11 is 0. The van der Waals surface area contributed by atoms with Crippen molar-refractivity contribution in [2.45, 2.75) is 26.7 Å².